The highest BCUT2D eigenvalue weighted by Gasteiger charge is 2.15. The molecule has 3 aromatic rings. The van der Waals surface area contributed by atoms with Crippen molar-refractivity contribution in [1.82, 2.24) is 9.55 Å². The van der Waals surface area contributed by atoms with E-state index in [-0.39, 0.29) is 4.90 Å². The van der Waals surface area contributed by atoms with Crippen LogP contribution in [0, 0.1) is 13.8 Å². The highest BCUT2D eigenvalue weighted by molar-refractivity contribution is 7.89. The molecule has 132 valence electrons. The lowest BCUT2D eigenvalue weighted by molar-refractivity contribution is 0.598. The van der Waals surface area contributed by atoms with Gasteiger partial charge in [-0.25, -0.2) is 18.5 Å². The van der Waals surface area contributed by atoms with Crippen molar-refractivity contribution >= 4 is 26.5 Å². The third-order valence-electron chi connectivity index (χ3n) is 3.96. The van der Waals surface area contributed by atoms with Crippen LogP contribution in [0.1, 0.15) is 18.3 Å². The Bertz CT molecular complexity index is 1000. The van der Waals surface area contributed by atoms with Crippen molar-refractivity contribution in [2.45, 2.75) is 25.7 Å². The smallest absolute Gasteiger partial charge is 0.238 e. The van der Waals surface area contributed by atoms with Crippen molar-refractivity contribution in [3.05, 3.63) is 47.1 Å². The molecule has 0 atom stereocenters. The number of anilines is 1. The van der Waals surface area contributed by atoms with Crippen molar-refractivity contribution in [3.8, 4) is 16.9 Å². The zero-order valence-electron chi connectivity index (χ0n) is 14.3. The lowest BCUT2D eigenvalue weighted by Crippen LogP contribution is -2.12. The second-order valence-corrected chi connectivity index (χ2v) is 8.15. The van der Waals surface area contributed by atoms with Gasteiger partial charge in [-0.05, 0) is 51.1 Å². The predicted octanol–water partition coefficient (Wildman–Crippen LogP) is 3.30. The summed E-state index contributed by atoms with van der Waals surface area (Å²) in [6, 6.07) is 8.65. The second kappa shape index (κ2) is 6.62. The highest BCUT2D eigenvalue weighted by atomic mass is 32.2. The van der Waals surface area contributed by atoms with E-state index in [1.165, 1.54) is 12.1 Å². The van der Waals surface area contributed by atoms with E-state index in [4.69, 9.17) is 5.14 Å². The fourth-order valence-electron chi connectivity index (χ4n) is 2.83. The number of nitrogens with zero attached hydrogens (tertiary/aromatic N) is 2. The summed E-state index contributed by atoms with van der Waals surface area (Å²) in [6.45, 7) is 6.92. The number of nitrogens with one attached hydrogen (secondary N) is 1. The molecule has 0 unspecified atom stereocenters. The molecule has 6 nitrogen and oxygen atoms in total. The van der Waals surface area contributed by atoms with Crippen LogP contribution in [0.4, 0.5) is 5.13 Å². The Morgan fingerprint density at radius 3 is 2.52 bits per heavy atom. The van der Waals surface area contributed by atoms with Gasteiger partial charge >= 0.3 is 0 Å². The first kappa shape index (κ1) is 17.7. The number of hydrogen-bond acceptors (Lipinski definition) is 5. The van der Waals surface area contributed by atoms with Gasteiger partial charge in [0, 0.05) is 34.6 Å². The molecule has 2 aromatic heterocycles. The van der Waals surface area contributed by atoms with Gasteiger partial charge in [0.15, 0.2) is 5.13 Å². The van der Waals surface area contributed by atoms with Gasteiger partial charge in [-0.2, -0.15) is 0 Å². The van der Waals surface area contributed by atoms with Gasteiger partial charge in [0.05, 0.1) is 10.6 Å². The van der Waals surface area contributed by atoms with Crippen LogP contribution >= 0.6 is 11.3 Å². The van der Waals surface area contributed by atoms with Crippen LogP contribution in [-0.2, 0) is 10.0 Å². The third-order valence-corrected chi connectivity index (χ3v) is 5.69. The first-order chi connectivity index (χ1) is 11.8. The Morgan fingerprint density at radius 1 is 1.24 bits per heavy atom. The molecule has 0 bridgehead atoms. The number of hydrogen-bond donors (Lipinski definition) is 2. The lowest BCUT2D eigenvalue weighted by atomic mass is 10.2. The van der Waals surface area contributed by atoms with Gasteiger partial charge in [0.1, 0.15) is 0 Å². The highest BCUT2D eigenvalue weighted by Crippen LogP contribution is 2.31. The molecular formula is C17H20N4O2S2. The van der Waals surface area contributed by atoms with Crippen molar-refractivity contribution < 1.29 is 8.42 Å². The lowest BCUT2D eigenvalue weighted by Gasteiger charge is -2.10. The number of nitrogens with two attached hydrogens (primary N) is 1. The number of aromatic nitrogens is 2. The molecule has 0 radical (unpaired) electrons. The summed E-state index contributed by atoms with van der Waals surface area (Å²) in [5, 5.41) is 11.3. The SMILES string of the molecule is CCNc1nc(-c2cc(C)n(-c3ccc(S(N)(=O)=O)cc3)c2C)cs1. The fraction of sp³-hybridized carbons (Fsp3) is 0.235. The van der Waals surface area contributed by atoms with E-state index in [1.807, 2.05) is 26.2 Å². The van der Waals surface area contributed by atoms with Gasteiger partial charge in [-0.3, -0.25) is 0 Å². The van der Waals surface area contributed by atoms with Gasteiger partial charge in [-0.15, -0.1) is 11.3 Å². The van der Waals surface area contributed by atoms with Crippen molar-refractivity contribution in [3.63, 3.8) is 0 Å². The molecular weight excluding hydrogens is 356 g/mol. The van der Waals surface area contributed by atoms with Crippen LogP contribution in [0.3, 0.4) is 0 Å². The minimum absolute atomic E-state index is 0.105. The van der Waals surface area contributed by atoms with Crippen LogP contribution in [0.15, 0.2) is 40.6 Å². The summed E-state index contributed by atoms with van der Waals surface area (Å²) in [5.74, 6) is 0. The van der Waals surface area contributed by atoms with E-state index in [0.29, 0.717) is 0 Å². The van der Waals surface area contributed by atoms with Crippen LogP contribution in [0.5, 0.6) is 0 Å². The molecule has 3 rings (SSSR count). The standard InChI is InChI=1S/C17H20N4O2S2/c1-4-19-17-20-16(10-24-17)15-9-11(2)21(12(15)3)13-5-7-14(8-6-13)25(18,22)23/h5-10H,4H2,1-3H3,(H,19,20)(H2,18,22,23). The first-order valence-electron chi connectivity index (χ1n) is 7.83. The average Bonchev–Trinajstić information content (AvgIpc) is 3.12. The molecule has 1 aromatic carbocycles. The fourth-order valence-corrected chi connectivity index (χ4v) is 4.13. The minimum atomic E-state index is -3.69. The molecule has 0 aliphatic heterocycles. The quantitative estimate of drug-likeness (QED) is 0.715. The molecule has 0 fully saturated rings. The van der Waals surface area contributed by atoms with E-state index in [1.54, 1.807) is 23.5 Å². The van der Waals surface area contributed by atoms with Crippen molar-refractivity contribution in [2.24, 2.45) is 5.14 Å². The Hall–Kier alpha value is -2.16. The molecule has 0 aliphatic rings. The average molecular weight is 377 g/mol. The summed E-state index contributed by atoms with van der Waals surface area (Å²) >= 11 is 1.58. The zero-order chi connectivity index (χ0) is 18.2. The van der Waals surface area contributed by atoms with E-state index in [9.17, 15) is 8.42 Å². The molecule has 25 heavy (non-hydrogen) atoms. The van der Waals surface area contributed by atoms with Crippen molar-refractivity contribution in [1.29, 1.82) is 0 Å². The largest absolute Gasteiger partial charge is 0.362 e. The topological polar surface area (TPSA) is 90.0 Å². The van der Waals surface area contributed by atoms with Crippen LogP contribution in [0.2, 0.25) is 0 Å². The number of benzene rings is 1. The number of thiazole rings is 1. The molecule has 0 aliphatic carbocycles. The summed E-state index contributed by atoms with van der Waals surface area (Å²) < 4.78 is 24.9. The van der Waals surface area contributed by atoms with E-state index in [0.717, 1.165) is 40.0 Å². The van der Waals surface area contributed by atoms with E-state index < -0.39 is 10.0 Å². The predicted molar refractivity (Wildman–Crippen MR) is 102 cm³/mol. The van der Waals surface area contributed by atoms with Crippen LogP contribution in [-0.4, -0.2) is 24.5 Å². The minimum Gasteiger partial charge on any atom is -0.362 e. The Balaban J connectivity index is 2.02. The molecule has 0 saturated heterocycles. The summed E-state index contributed by atoms with van der Waals surface area (Å²) in [5.41, 5.74) is 4.98. The Morgan fingerprint density at radius 2 is 1.92 bits per heavy atom. The first-order valence-corrected chi connectivity index (χ1v) is 10.3. The molecule has 0 spiro atoms. The van der Waals surface area contributed by atoms with Crippen molar-refractivity contribution in [2.75, 3.05) is 11.9 Å². The summed E-state index contributed by atoms with van der Waals surface area (Å²) in [6.07, 6.45) is 0. The number of aryl methyl sites for hydroxylation is 1. The van der Waals surface area contributed by atoms with Crippen LogP contribution in [0.25, 0.3) is 16.9 Å². The Labute approximate surface area is 151 Å². The third kappa shape index (κ3) is 3.46. The molecule has 8 heteroatoms. The number of sulfonamides is 1. The van der Waals surface area contributed by atoms with Gasteiger partial charge in [0.2, 0.25) is 10.0 Å². The van der Waals surface area contributed by atoms with Gasteiger partial charge in [-0.1, -0.05) is 0 Å². The monoisotopic (exact) mass is 376 g/mol. The maximum absolute atomic E-state index is 11.4. The van der Waals surface area contributed by atoms with Gasteiger partial charge in [0.25, 0.3) is 0 Å². The molecule has 2 heterocycles. The van der Waals surface area contributed by atoms with Crippen LogP contribution < -0.4 is 10.5 Å². The Kier molecular flexibility index (Phi) is 4.68. The summed E-state index contributed by atoms with van der Waals surface area (Å²) in [4.78, 5) is 4.73. The number of rotatable bonds is 5. The zero-order valence-corrected chi connectivity index (χ0v) is 15.9. The van der Waals surface area contributed by atoms with Gasteiger partial charge < -0.3 is 9.88 Å². The normalized spacial score (nSPS) is 11.7. The summed E-state index contributed by atoms with van der Waals surface area (Å²) in [7, 11) is -3.69. The maximum atomic E-state index is 11.4. The van der Waals surface area contributed by atoms with E-state index >= 15 is 0 Å². The molecule has 3 N–H and O–H groups in total. The molecule has 0 saturated carbocycles. The number of primary sulfonamides is 1. The molecule has 0 amide bonds. The second-order valence-electron chi connectivity index (χ2n) is 5.73. The maximum Gasteiger partial charge on any atom is 0.238 e. The van der Waals surface area contributed by atoms with E-state index in [2.05, 4.69) is 20.9 Å².